The first-order valence-electron chi connectivity index (χ1n) is 10.7. The molecule has 0 saturated heterocycles. The van der Waals surface area contributed by atoms with Crippen LogP contribution in [-0.4, -0.2) is 46.5 Å². The molecule has 1 aliphatic heterocycles. The highest BCUT2D eigenvalue weighted by atomic mass is 32.1. The van der Waals surface area contributed by atoms with Gasteiger partial charge in [-0.25, -0.2) is 14.8 Å². The van der Waals surface area contributed by atoms with Crippen LogP contribution < -0.4 is 9.64 Å². The predicted molar refractivity (Wildman–Crippen MR) is 132 cm³/mol. The number of aliphatic hydroxyl groups excluding tert-OH is 1. The van der Waals surface area contributed by atoms with Crippen LogP contribution >= 0.6 is 22.7 Å². The van der Waals surface area contributed by atoms with Crippen LogP contribution in [0.4, 0.5) is 5.13 Å². The van der Waals surface area contributed by atoms with Crippen LogP contribution in [0.5, 0.6) is 5.75 Å². The molecule has 4 rings (SSSR count). The molecule has 1 N–H and O–H groups in total. The van der Waals surface area contributed by atoms with E-state index in [9.17, 15) is 19.5 Å². The van der Waals surface area contributed by atoms with Gasteiger partial charge in [0.1, 0.15) is 10.6 Å². The highest BCUT2D eigenvalue weighted by molar-refractivity contribution is 7.17. The van der Waals surface area contributed by atoms with Gasteiger partial charge in [0.15, 0.2) is 10.9 Å². The highest BCUT2D eigenvalue weighted by Crippen LogP contribution is 2.45. The van der Waals surface area contributed by atoms with E-state index in [0.29, 0.717) is 39.2 Å². The lowest BCUT2D eigenvalue weighted by Gasteiger charge is -2.24. The van der Waals surface area contributed by atoms with E-state index < -0.39 is 29.5 Å². The molecule has 0 spiro atoms. The third kappa shape index (κ3) is 4.32. The van der Waals surface area contributed by atoms with E-state index in [0.717, 1.165) is 11.3 Å². The Hall–Kier alpha value is -3.57. The Morgan fingerprint density at radius 1 is 1.11 bits per heavy atom. The number of carbonyl (C=O) groups excluding carboxylic acids is 3. The van der Waals surface area contributed by atoms with Crippen LogP contribution in [0.25, 0.3) is 0 Å². The number of ketones is 1. The van der Waals surface area contributed by atoms with Gasteiger partial charge in [0.25, 0.3) is 5.91 Å². The highest BCUT2D eigenvalue weighted by Gasteiger charge is 2.47. The number of rotatable bonds is 7. The molecule has 35 heavy (non-hydrogen) atoms. The molecule has 1 aromatic carbocycles. The van der Waals surface area contributed by atoms with Crippen LogP contribution in [0.15, 0.2) is 35.6 Å². The van der Waals surface area contributed by atoms with Crippen LogP contribution in [0.3, 0.4) is 0 Å². The lowest BCUT2D eigenvalue weighted by molar-refractivity contribution is -0.117. The van der Waals surface area contributed by atoms with Crippen LogP contribution in [-0.2, 0) is 9.53 Å². The van der Waals surface area contributed by atoms with E-state index in [1.807, 2.05) is 6.92 Å². The number of hydrogen-bond acceptors (Lipinski definition) is 10. The first-order valence-corrected chi connectivity index (χ1v) is 12.3. The molecule has 0 fully saturated rings. The number of aliphatic hydroxyl groups is 1. The topological polar surface area (TPSA) is 119 Å². The van der Waals surface area contributed by atoms with Gasteiger partial charge < -0.3 is 14.6 Å². The minimum atomic E-state index is -0.992. The van der Waals surface area contributed by atoms with Crippen molar-refractivity contribution in [2.45, 2.75) is 33.7 Å². The first kappa shape index (κ1) is 24.6. The fourth-order valence-electron chi connectivity index (χ4n) is 3.92. The Bertz CT molecular complexity index is 1370. The summed E-state index contributed by atoms with van der Waals surface area (Å²) in [4.78, 5) is 49.8. The smallest absolute Gasteiger partial charge is 0.350 e. The van der Waals surface area contributed by atoms with Gasteiger partial charge in [0.05, 0.1) is 46.6 Å². The number of ether oxygens (including phenoxy) is 2. The van der Waals surface area contributed by atoms with Crippen molar-refractivity contribution in [3.8, 4) is 5.75 Å². The number of Topliss-reactive ketones (excluding diaryl/α,β-unsaturated/α-hetero) is 1. The lowest BCUT2D eigenvalue weighted by Crippen LogP contribution is -2.31. The number of amides is 1. The number of thiazole rings is 2. The van der Waals surface area contributed by atoms with Gasteiger partial charge in [-0.15, -0.1) is 11.3 Å². The molecule has 9 nitrogen and oxygen atoms in total. The quantitative estimate of drug-likeness (QED) is 0.363. The molecule has 182 valence electrons. The maximum atomic E-state index is 13.7. The van der Waals surface area contributed by atoms with Crippen molar-refractivity contribution >= 4 is 45.5 Å². The van der Waals surface area contributed by atoms with Crippen LogP contribution in [0.1, 0.15) is 54.3 Å². The lowest BCUT2D eigenvalue weighted by atomic mass is 9.95. The van der Waals surface area contributed by atoms with E-state index in [2.05, 4.69) is 9.97 Å². The van der Waals surface area contributed by atoms with E-state index in [-0.39, 0.29) is 15.6 Å². The first-order chi connectivity index (χ1) is 16.7. The van der Waals surface area contributed by atoms with E-state index >= 15 is 0 Å². The number of carbonyl (C=O) groups is 3. The van der Waals surface area contributed by atoms with Gasteiger partial charge in [0.2, 0.25) is 5.78 Å². The Morgan fingerprint density at radius 2 is 1.83 bits per heavy atom. The summed E-state index contributed by atoms with van der Waals surface area (Å²) in [6.45, 7) is 7.39. The van der Waals surface area contributed by atoms with Gasteiger partial charge in [-0.2, -0.15) is 0 Å². The summed E-state index contributed by atoms with van der Waals surface area (Å²) < 4.78 is 10.4. The van der Waals surface area contributed by atoms with Gasteiger partial charge in [-0.05, 0) is 45.4 Å². The standard InChI is InChI=1S/C24H23N3O6S2/c1-6-33-15-9-7-8-14(10-15)17-16(18(28)20-11(2)25-13(4)34-20)19(29)22(30)27(17)24-26-12(3)21(35-24)23(31)32-5/h7-10,17,29H,6H2,1-5H3. The van der Waals surface area contributed by atoms with Crippen LogP contribution in [0, 0.1) is 20.8 Å². The third-order valence-electron chi connectivity index (χ3n) is 5.41. The molecular weight excluding hydrogens is 490 g/mol. The summed E-state index contributed by atoms with van der Waals surface area (Å²) in [5.41, 5.74) is 1.36. The Labute approximate surface area is 209 Å². The summed E-state index contributed by atoms with van der Waals surface area (Å²) in [6.07, 6.45) is 0. The molecule has 1 unspecified atom stereocenters. The number of anilines is 1. The van der Waals surface area contributed by atoms with Crippen molar-refractivity contribution in [2.75, 3.05) is 18.6 Å². The molecule has 1 amide bonds. The van der Waals surface area contributed by atoms with E-state index in [1.54, 1.807) is 45.0 Å². The number of nitrogens with zero attached hydrogens (tertiary/aromatic N) is 3. The average molecular weight is 514 g/mol. The number of hydrogen-bond donors (Lipinski definition) is 1. The van der Waals surface area contributed by atoms with Crippen molar-refractivity contribution in [3.05, 3.63) is 67.3 Å². The van der Waals surface area contributed by atoms with Gasteiger partial charge >= 0.3 is 5.97 Å². The largest absolute Gasteiger partial charge is 0.503 e. The summed E-state index contributed by atoms with van der Waals surface area (Å²) >= 11 is 2.15. The summed E-state index contributed by atoms with van der Waals surface area (Å²) in [5, 5.41) is 11.8. The molecule has 1 atom stereocenters. The predicted octanol–water partition coefficient (Wildman–Crippen LogP) is 4.49. The summed E-state index contributed by atoms with van der Waals surface area (Å²) in [6, 6.07) is 5.97. The zero-order valence-corrected chi connectivity index (χ0v) is 21.4. The minimum absolute atomic E-state index is 0.0807. The zero-order valence-electron chi connectivity index (χ0n) is 19.7. The van der Waals surface area contributed by atoms with E-state index in [4.69, 9.17) is 9.47 Å². The number of aromatic nitrogens is 2. The monoisotopic (exact) mass is 513 g/mol. The van der Waals surface area contributed by atoms with Crippen molar-refractivity contribution in [3.63, 3.8) is 0 Å². The molecule has 11 heteroatoms. The van der Waals surface area contributed by atoms with Crippen LogP contribution in [0.2, 0.25) is 0 Å². The molecule has 3 aromatic rings. The van der Waals surface area contributed by atoms with Crippen molar-refractivity contribution in [1.29, 1.82) is 0 Å². The molecule has 3 heterocycles. The maximum Gasteiger partial charge on any atom is 0.350 e. The summed E-state index contributed by atoms with van der Waals surface area (Å²) in [5.74, 6) is -1.98. The molecule has 0 saturated carbocycles. The Kier molecular flexibility index (Phi) is 6.73. The van der Waals surface area contributed by atoms with Crippen molar-refractivity contribution < 1.29 is 29.0 Å². The molecular formula is C24H23N3O6S2. The Morgan fingerprint density at radius 3 is 2.46 bits per heavy atom. The average Bonchev–Trinajstić information content (AvgIpc) is 3.46. The minimum Gasteiger partial charge on any atom is -0.503 e. The molecule has 0 aliphatic carbocycles. The molecule has 1 aliphatic rings. The fourth-order valence-corrected chi connectivity index (χ4v) is 5.81. The molecule has 0 radical (unpaired) electrons. The number of methoxy groups -OCH3 is 1. The Balaban J connectivity index is 1.90. The summed E-state index contributed by atoms with van der Waals surface area (Å²) in [7, 11) is 1.26. The zero-order chi connectivity index (χ0) is 25.4. The van der Waals surface area contributed by atoms with Gasteiger partial charge in [0, 0.05) is 0 Å². The SMILES string of the molecule is CCOc1cccc(C2C(C(=O)c3sc(C)nc3C)=C(O)C(=O)N2c2nc(C)c(C(=O)OC)s2)c1. The second-order valence-electron chi connectivity index (χ2n) is 7.72. The molecule has 2 aromatic heterocycles. The van der Waals surface area contributed by atoms with Crippen molar-refractivity contribution in [1.82, 2.24) is 9.97 Å². The van der Waals surface area contributed by atoms with Gasteiger partial charge in [-0.1, -0.05) is 23.5 Å². The second-order valence-corrected chi connectivity index (χ2v) is 9.91. The maximum absolute atomic E-state index is 13.7. The normalized spacial score (nSPS) is 15.6. The fraction of sp³-hybridized carbons (Fsp3) is 0.292. The second kappa shape index (κ2) is 9.59. The van der Waals surface area contributed by atoms with E-state index in [1.165, 1.54) is 23.3 Å². The van der Waals surface area contributed by atoms with Gasteiger partial charge in [-0.3, -0.25) is 14.5 Å². The number of benzene rings is 1. The van der Waals surface area contributed by atoms with Crippen molar-refractivity contribution in [2.24, 2.45) is 0 Å². The molecule has 0 bridgehead atoms. The number of aryl methyl sites for hydroxylation is 3. The number of esters is 1. The third-order valence-corrected chi connectivity index (χ3v) is 7.62.